The average Bonchev–Trinajstić information content (AvgIpc) is 3.41. The highest BCUT2D eigenvalue weighted by Gasteiger charge is 2.26. The molecule has 0 fully saturated rings. The summed E-state index contributed by atoms with van der Waals surface area (Å²) in [7, 11) is 4.99. The van der Waals surface area contributed by atoms with Gasteiger partial charge in [0.15, 0.2) is 11.5 Å². The van der Waals surface area contributed by atoms with E-state index in [0.29, 0.717) is 29.4 Å². The Labute approximate surface area is 215 Å². The van der Waals surface area contributed by atoms with E-state index in [9.17, 15) is 9.18 Å². The summed E-state index contributed by atoms with van der Waals surface area (Å²) in [5, 5.41) is 12.1. The Kier molecular flexibility index (Phi) is 7.98. The number of aryl methyl sites for hydroxylation is 1. The zero-order valence-electron chi connectivity index (χ0n) is 21.4. The standard InChI is InChI=1S/C29H31FN2O5/c1-18-23(12-19-13-26(35-3)29(37-11-10-33)27(14-19)36-4)22-8-7-20(30)15-25(22)24(18)16-28(34)31-17-21-6-5-9-32(21)2/h5-9,12-15,33H,10-11,16-17H2,1-4H3,(H,31,34)/b23-12-. The first-order valence-corrected chi connectivity index (χ1v) is 11.9. The minimum Gasteiger partial charge on any atom is -0.493 e. The van der Waals surface area contributed by atoms with E-state index in [2.05, 4.69) is 5.32 Å². The minimum atomic E-state index is -0.358. The smallest absolute Gasteiger partial charge is 0.224 e. The first-order valence-electron chi connectivity index (χ1n) is 11.9. The number of carbonyl (C=O) groups excluding carboxylic acids is 1. The van der Waals surface area contributed by atoms with Gasteiger partial charge >= 0.3 is 0 Å². The molecule has 0 saturated heterocycles. The largest absolute Gasteiger partial charge is 0.493 e. The summed E-state index contributed by atoms with van der Waals surface area (Å²) in [6, 6.07) is 12.1. The molecule has 0 unspecified atom stereocenters. The van der Waals surface area contributed by atoms with Gasteiger partial charge in [-0.2, -0.15) is 0 Å². The number of aromatic nitrogens is 1. The van der Waals surface area contributed by atoms with E-state index in [1.807, 2.05) is 55.1 Å². The lowest BCUT2D eigenvalue weighted by molar-refractivity contribution is -0.120. The lowest BCUT2D eigenvalue weighted by Gasteiger charge is -2.15. The lowest BCUT2D eigenvalue weighted by Crippen LogP contribution is -2.23. The summed E-state index contributed by atoms with van der Waals surface area (Å²) in [6.07, 6.45) is 4.02. The third-order valence-corrected chi connectivity index (χ3v) is 6.44. The summed E-state index contributed by atoms with van der Waals surface area (Å²) >= 11 is 0. The summed E-state index contributed by atoms with van der Waals surface area (Å²) in [5.41, 5.74) is 5.90. The predicted molar refractivity (Wildman–Crippen MR) is 141 cm³/mol. The van der Waals surface area contributed by atoms with Crippen LogP contribution in [0.3, 0.4) is 0 Å². The van der Waals surface area contributed by atoms with Crippen molar-refractivity contribution in [3.05, 3.63) is 82.4 Å². The Bertz CT molecular complexity index is 1350. The fourth-order valence-corrected chi connectivity index (χ4v) is 4.51. The molecule has 0 spiro atoms. The van der Waals surface area contributed by atoms with Crippen LogP contribution in [-0.4, -0.2) is 43.0 Å². The normalized spacial score (nSPS) is 13.6. The van der Waals surface area contributed by atoms with Gasteiger partial charge in [-0.1, -0.05) is 6.07 Å². The van der Waals surface area contributed by atoms with Crippen LogP contribution >= 0.6 is 0 Å². The van der Waals surface area contributed by atoms with Gasteiger partial charge in [-0.25, -0.2) is 4.39 Å². The van der Waals surface area contributed by atoms with Crippen molar-refractivity contribution in [3.8, 4) is 17.2 Å². The van der Waals surface area contributed by atoms with Crippen LogP contribution in [0.4, 0.5) is 4.39 Å². The maximum atomic E-state index is 14.3. The summed E-state index contributed by atoms with van der Waals surface area (Å²) in [5.74, 6) is 0.819. The van der Waals surface area contributed by atoms with Crippen LogP contribution in [0.2, 0.25) is 0 Å². The highest BCUT2D eigenvalue weighted by Crippen LogP contribution is 2.45. The van der Waals surface area contributed by atoms with Crippen LogP contribution in [0.5, 0.6) is 17.2 Å². The number of aliphatic hydroxyl groups excluding tert-OH is 1. The van der Waals surface area contributed by atoms with Crippen molar-refractivity contribution in [3.63, 3.8) is 0 Å². The Morgan fingerprint density at radius 3 is 2.46 bits per heavy atom. The molecule has 0 saturated carbocycles. The maximum absolute atomic E-state index is 14.3. The molecule has 2 N–H and O–H groups in total. The molecule has 0 bridgehead atoms. The molecule has 7 nitrogen and oxygen atoms in total. The van der Waals surface area contributed by atoms with Crippen LogP contribution in [-0.2, 0) is 18.4 Å². The topological polar surface area (TPSA) is 82.0 Å². The van der Waals surface area contributed by atoms with Crippen molar-refractivity contribution < 1.29 is 28.5 Å². The third-order valence-electron chi connectivity index (χ3n) is 6.44. The zero-order chi connectivity index (χ0) is 26.5. The number of nitrogens with one attached hydrogen (secondary N) is 1. The van der Waals surface area contributed by atoms with E-state index in [4.69, 9.17) is 19.3 Å². The number of fused-ring (bicyclic) bond motifs is 1. The van der Waals surface area contributed by atoms with Crippen molar-refractivity contribution in [2.24, 2.45) is 7.05 Å². The van der Waals surface area contributed by atoms with Gasteiger partial charge in [-0.3, -0.25) is 4.79 Å². The van der Waals surface area contributed by atoms with Crippen LogP contribution in [0.25, 0.3) is 17.2 Å². The van der Waals surface area contributed by atoms with Gasteiger partial charge in [0.25, 0.3) is 0 Å². The van der Waals surface area contributed by atoms with Crippen molar-refractivity contribution in [1.29, 1.82) is 0 Å². The van der Waals surface area contributed by atoms with Crippen molar-refractivity contribution in [2.75, 3.05) is 27.4 Å². The number of hydrogen-bond donors (Lipinski definition) is 2. The first kappa shape index (κ1) is 26.0. The molecule has 1 aromatic heterocycles. The predicted octanol–water partition coefficient (Wildman–Crippen LogP) is 4.59. The molecule has 1 amide bonds. The molecule has 0 aliphatic heterocycles. The van der Waals surface area contributed by atoms with Gasteiger partial charge in [0, 0.05) is 18.9 Å². The first-order chi connectivity index (χ1) is 17.9. The molecule has 37 heavy (non-hydrogen) atoms. The molecule has 8 heteroatoms. The Balaban J connectivity index is 1.68. The van der Waals surface area contributed by atoms with E-state index in [1.54, 1.807) is 6.07 Å². The van der Waals surface area contributed by atoms with Gasteiger partial charge in [0.05, 0.1) is 33.8 Å². The zero-order valence-corrected chi connectivity index (χ0v) is 21.4. The molecule has 0 atom stereocenters. The molecular weight excluding hydrogens is 475 g/mol. The van der Waals surface area contributed by atoms with Gasteiger partial charge < -0.3 is 29.2 Å². The van der Waals surface area contributed by atoms with Gasteiger partial charge in [-0.05, 0) is 82.8 Å². The fraction of sp³-hybridized carbons (Fsp3) is 0.276. The number of carbonyl (C=O) groups is 1. The summed E-state index contributed by atoms with van der Waals surface area (Å²) in [6.45, 7) is 2.31. The van der Waals surface area contributed by atoms with E-state index < -0.39 is 0 Å². The number of ether oxygens (including phenoxy) is 3. The summed E-state index contributed by atoms with van der Waals surface area (Å²) < 4.78 is 32.9. The van der Waals surface area contributed by atoms with E-state index in [1.165, 1.54) is 26.4 Å². The highest BCUT2D eigenvalue weighted by molar-refractivity contribution is 6.08. The van der Waals surface area contributed by atoms with Crippen molar-refractivity contribution >= 4 is 23.1 Å². The van der Waals surface area contributed by atoms with E-state index in [0.717, 1.165) is 33.5 Å². The lowest BCUT2D eigenvalue weighted by atomic mass is 10.00. The molecule has 1 heterocycles. The number of benzene rings is 2. The second-order valence-corrected chi connectivity index (χ2v) is 8.74. The van der Waals surface area contributed by atoms with Crippen LogP contribution in [0.15, 0.2) is 54.2 Å². The average molecular weight is 507 g/mol. The monoisotopic (exact) mass is 506 g/mol. The molecule has 3 aromatic rings. The molecule has 2 aromatic carbocycles. The Morgan fingerprint density at radius 2 is 1.84 bits per heavy atom. The molecule has 194 valence electrons. The number of nitrogens with zero attached hydrogens (tertiary/aromatic N) is 1. The van der Waals surface area contributed by atoms with Crippen LogP contribution < -0.4 is 19.5 Å². The second-order valence-electron chi connectivity index (χ2n) is 8.74. The van der Waals surface area contributed by atoms with Gasteiger partial charge in [-0.15, -0.1) is 0 Å². The second kappa shape index (κ2) is 11.3. The van der Waals surface area contributed by atoms with Gasteiger partial charge in [0.2, 0.25) is 11.7 Å². The molecule has 4 rings (SSSR count). The SMILES string of the molecule is COc1cc(/C=C2/C(C)=C(CC(=O)NCc3cccn3C)c3cc(F)ccc32)cc(OC)c1OCCO. The van der Waals surface area contributed by atoms with E-state index in [-0.39, 0.29) is 31.4 Å². The number of halogens is 1. The highest BCUT2D eigenvalue weighted by atomic mass is 19.1. The van der Waals surface area contributed by atoms with Crippen LogP contribution in [0.1, 0.15) is 35.7 Å². The molecular formula is C29H31FN2O5. The fourth-order valence-electron chi connectivity index (χ4n) is 4.51. The Morgan fingerprint density at radius 1 is 1.11 bits per heavy atom. The van der Waals surface area contributed by atoms with Crippen molar-refractivity contribution in [2.45, 2.75) is 19.9 Å². The van der Waals surface area contributed by atoms with E-state index >= 15 is 0 Å². The van der Waals surface area contributed by atoms with Gasteiger partial charge in [0.1, 0.15) is 12.4 Å². The number of aliphatic hydroxyl groups is 1. The van der Waals surface area contributed by atoms with Crippen molar-refractivity contribution in [1.82, 2.24) is 9.88 Å². The van der Waals surface area contributed by atoms with Crippen LogP contribution in [0, 0.1) is 5.82 Å². The number of hydrogen-bond acceptors (Lipinski definition) is 5. The third kappa shape index (κ3) is 5.54. The number of methoxy groups -OCH3 is 2. The number of amides is 1. The number of allylic oxidation sites excluding steroid dienone is 2. The number of rotatable bonds is 10. The quantitative estimate of drug-likeness (QED) is 0.421. The Hall–Kier alpha value is -4.04. The minimum absolute atomic E-state index is 0.101. The summed E-state index contributed by atoms with van der Waals surface area (Å²) in [4.78, 5) is 12.9. The maximum Gasteiger partial charge on any atom is 0.224 e. The molecule has 0 radical (unpaired) electrons. The molecule has 1 aliphatic rings. The molecule has 1 aliphatic carbocycles.